The number of esters is 1. The van der Waals surface area contributed by atoms with Crippen molar-refractivity contribution in [3.05, 3.63) is 65.1 Å². The zero-order valence-corrected chi connectivity index (χ0v) is 14.2. The first kappa shape index (κ1) is 15.9. The first-order valence-corrected chi connectivity index (χ1v) is 8.73. The molecular weight excluding hydrogens is 316 g/mol. The van der Waals surface area contributed by atoms with Crippen LogP contribution in [0.2, 0.25) is 0 Å². The lowest BCUT2D eigenvalue weighted by atomic mass is 9.67. The minimum absolute atomic E-state index is 0.0877. The Morgan fingerprint density at radius 2 is 2.04 bits per heavy atom. The van der Waals surface area contributed by atoms with Crippen LogP contribution in [0.4, 0.5) is 0 Å². The summed E-state index contributed by atoms with van der Waals surface area (Å²) in [5.41, 5.74) is 4.61. The highest BCUT2D eigenvalue weighted by molar-refractivity contribution is 6.07. The second-order valence-corrected chi connectivity index (χ2v) is 6.53. The van der Waals surface area contributed by atoms with E-state index in [9.17, 15) is 9.59 Å². The molecule has 2 atom stereocenters. The molecule has 0 amide bonds. The van der Waals surface area contributed by atoms with Crippen molar-refractivity contribution < 1.29 is 18.7 Å². The Balaban J connectivity index is 1.87. The highest BCUT2D eigenvalue weighted by Crippen LogP contribution is 2.48. The number of aryl methyl sites for hydroxylation is 1. The number of hydrogen-bond donors (Lipinski definition) is 0. The summed E-state index contributed by atoms with van der Waals surface area (Å²) in [7, 11) is 0. The zero-order valence-electron chi connectivity index (χ0n) is 14.2. The van der Waals surface area contributed by atoms with Gasteiger partial charge in [0.05, 0.1) is 18.8 Å². The zero-order chi connectivity index (χ0) is 17.4. The maximum absolute atomic E-state index is 12.9. The summed E-state index contributed by atoms with van der Waals surface area (Å²) in [6.45, 7) is 2.02. The van der Waals surface area contributed by atoms with Crippen LogP contribution in [0.5, 0.6) is 0 Å². The number of ketones is 1. The fraction of sp³-hybridized carbons (Fsp3) is 0.333. The third-order valence-corrected chi connectivity index (χ3v) is 5.19. The largest absolute Gasteiger partial charge is 0.469 e. The molecule has 1 aromatic carbocycles. The van der Waals surface area contributed by atoms with E-state index in [1.165, 1.54) is 5.56 Å². The summed E-state index contributed by atoms with van der Waals surface area (Å²) in [6.07, 6.45) is 3.62. The van der Waals surface area contributed by atoms with Crippen LogP contribution in [-0.2, 0) is 20.7 Å². The average molecular weight is 336 g/mol. The van der Waals surface area contributed by atoms with E-state index in [0.29, 0.717) is 5.76 Å². The topological polar surface area (TPSA) is 56.5 Å². The van der Waals surface area contributed by atoms with Crippen molar-refractivity contribution in [2.75, 3.05) is 6.61 Å². The van der Waals surface area contributed by atoms with Crippen LogP contribution in [0.15, 0.2) is 52.7 Å². The minimum Gasteiger partial charge on any atom is -0.469 e. The van der Waals surface area contributed by atoms with Crippen molar-refractivity contribution in [2.45, 2.75) is 32.1 Å². The molecule has 2 aliphatic carbocycles. The van der Waals surface area contributed by atoms with Gasteiger partial charge < -0.3 is 9.15 Å². The molecule has 128 valence electrons. The summed E-state index contributed by atoms with van der Waals surface area (Å²) in [5, 5.41) is 0. The van der Waals surface area contributed by atoms with Crippen molar-refractivity contribution in [3.63, 3.8) is 0 Å². The summed E-state index contributed by atoms with van der Waals surface area (Å²) in [6, 6.07) is 11.9. The predicted octanol–water partition coefficient (Wildman–Crippen LogP) is 3.92. The van der Waals surface area contributed by atoms with Gasteiger partial charge in [-0.05, 0) is 48.6 Å². The summed E-state index contributed by atoms with van der Waals surface area (Å²) in [4.78, 5) is 25.4. The summed E-state index contributed by atoms with van der Waals surface area (Å²) >= 11 is 0. The molecule has 1 aromatic heterocycles. The maximum atomic E-state index is 12.9. The molecule has 0 saturated carbocycles. The molecule has 4 nitrogen and oxygen atoms in total. The Hall–Kier alpha value is -2.62. The minimum atomic E-state index is -0.810. The van der Waals surface area contributed by atoms with Crippen LogP contribution in [0.3, 0.4) is 0 Å². The van der Waals surface area contributed by atoms with E-state index in [1.54, 1.807) is 19.3 Å². The average Bonchev–Trinajstić information content (AvgIpc) is 3.15. The number of furan rings is 1. The molecule has 2 aliphatic rings. The molecule has 25 heavy (non-hydrogen) atoms. The van der Waals surface area contributed by atoms with Gasteiger partial charge in [0, 0.05) is 6.42 Å². The number of fused-ring (bicyclic) bond motifs is 2. The van der Waals surface area contributed by atoms with Crippen LogP contribution in [0.25, 0.3) is 5.57 Å². The molecule has 2 aromatic rings. The highest BCUT2D eigenvalue weighted by atomic mass is 16.5. The Morgan fingerprint density at radius 3 is 2.80 bits per heavy atom. The van der Waals surface area contributed by atoms with Gasteiger partial charge in [0.25, 0.3) is 0 Å². The van der Waals surface area contributed by atoms with Crippen LogP contribution >= 0.6 is 0 Å². The van der Waals surface area contributed by atoms with Gasteiger partial charge in [0.2, 0.25) is 0 Å². The third kappa shape index (κ3) is 2.62. The molecule has 0 bridgehead atoms. The Kier molecular flexibility index (Phi) is 4.04. The smallest absolute Gasteiger partial charge is 0.317 e. The van der Waals surface area contributed by atoms with Gasteiger partial charge in [-0.2, -0.15) is 0 Å². The van der Waals surface area contributed by atoms with Gasteiger partial charge in [0.15, 0.2) is 5.78 Å². The van der Waals surface area contributed by atoms with Crippen LogP contribution < -0.4 is 0 Å². The van der Waals surface area contributed by atoms with Crippen molar-refractivity contribution >= 4 is 17.3 Å². The SMILES string of the molecule is CCOC(=O)[C@H]1C(=O)CC2=C(CCc3ccccc32)[C@@H]1c1ccco1. The summed E-state index contributed by atoms with van der Waals surface area (Å²) in [5.74, 6) is -1.04. The van der Waals surface area contributed by atoms with E-state index < -0.39 is 11.9 Å². The van der Waals surface area contributed by atoms with Crippen molar-refractivity contribution in [1.29, 1.82) is 0 Å². The fourth-order valence-corrected chi connectivity index (χ4v) is 4.15. The van der Waals surface area contributed by atoms with Crippen molar-refractivity contribution in [2.24, 2.45) is 5.92 Å². The second kappa shape index (κ2) is 6.36. The predicted molar refractivity (Wildman–Crippen MR) is 92.9 cm³/mol. The van der Waals surface area contributed by atoms with E-state index >= 15 is 0 Å². The normalized spacial score (nSPS) is 22.4. The third-order valence-electron chi connectivity index (χ3n) is 5.19. The van der Waals surface area contributed by atoms with Crippen LogP contribution in [0.1, 0.15) is 42.6 Å². The van der Waals surface area contributed by atoms with E-state index in [4.69, 9.17) is 9.15 Å². The number of carbonyl (C=O) groups is 2. The van der Waals surface area contributed by atoms with Gasteiger partial charge in [-0.15, -0.1) is 0 Å². The standard InChI is InChI=1S/C21H20O4/c1-2-24-21(23)20-17(22)12-16-14-7-4-3-6-13(14)9-10-15(16)19(20)18-8-5-11-25-18/h3-8,11,19-20H,2,9-10,12H2,1H3/t19-,20+/m1/s1. The van der Waals surface area contributed by atoms with Crippen LogP contribution in [0, 0.1) is 5.92 Å². The molecule has 4 rings (SSSR count). The number of Topliss-reactive ketones (excluding diaryl/α,β-unsaturated/α-hetero) is 1. The second-order valence-electron chi connectivity index (χ2n) is 6.53. The summed E-state index contributed by atoms with van der Waals surface area (Å²) < 4.78 is 10.8. The Labute approximate surface area is 146 Å². The van der Waals surface area contributed by atoms with Gasteiger partial charge in [-0.3, -0.25) is 9.59 Å². The molecule has 0 N–H and O–H groups in total. The molecule has 0 fully saturated rings. The first-order valence-electron chi connectivity index (χ1n) is 8.73. The molecule has 0 aliphatic heterocycles. The lowest BCUT2D eigenvalue weighted by molar-refractivity contribution is -0.152. The number of hydrogen-bond acceptors (Lipinski definition) is 4. The van der Waals surface area contributed by atoms with Gasteiger partial charge in [-0.1, -0.05) is 29.8 Å². The lowest BCUT2D eigenvalue weighted by Crippen LogP contribution is -2.37. The van der Waals surface area contributed by atoms with Crippen molar-refractivity contribution in [3.8, 4) is 0 Å². The number of ether oxygens (including phenoxy) is 1. The number of allylic oxidation sites excluding steroid dienone is 2. The monoisotopic (exact) mass is 336 g/mol. The molecule has 0 unspecified atom stereocenters. The highest BCUT2D eigenvalue weighted by Gasteiger charge is 2.45. The molecule has 0 saturated heterocycles. The lowest BCUT2D eigenvalue weighted by Gasteiger charge is -2.35. The molecule has 1 heterocycles. The number of rotatable bonds is 3. The quantitative estimate of drug-likeness (QED) is 0.630. The molecule has 0 spiro atoms. The van der Waals surface area contributed by atoms with E-state index in [-0.39, 0.29) is 24.7 Å². The van der Waals surface area contributed by atoms with Crippen LogP contribution in [-0.4, -0.2) is 18.4 Å². The Bertz CT molecular complexity index is 845. The molecule has 4 heteroatoms. The fourth-order valence-electron chi connectivity index (χ4n) is 4.15. The molecular formula is C21H20O4. The van der Waals surface area contributed by atoms with E-state index in [0.717, 1.165) is 29.6 Å². The van der Waals surface area contributed by atoms with E-state index in [2.05, 4.69) is 12.1 Å². The van der Waals surface area contributed by atoms with Gasteiger partial charge in [-0.25, -0.2) is 0 Å². The number of carbonyl (C=O) groups excluding carboxylic acids is 2. The Morgan fingerprint density at radius 1 is 1.20 bits per heavy atom. The van der Waals surface area contributed by atoms with Gasteiger partial charge in [0.1, 0.15) is 11.7 Å². The maximum Gasteiger partial charge on any atom is 0.317 e. The first-order chi connectivity index (χ1) is 12.2. The van der Waals surface area contributed by atoms with E-state index in [1.807, 2.05) is 18.2 Å². The van der Waals surface area contributed by atoms with Crippen molar-refractivity contribution in [1.82, 2.24) is 0 Å². The molecule has 0 radical (unpaired) electrons. The van der Waals surface area contributed by atoms with Gasteiger partial charge >= 0.3 is 5.97 Å². The number of benzene rings is 1.